The van der Waals surface area contributed by atoms with Gasteiger partial charge in [-0.2, -0.15) is 4.98 Å². The van der Waals surface area contributed by atoms with E-state index in [0.29, 0.717) is 4.57 Å². The van der Waals surface area contributed by atoms with E-state index in [2.05, 4.69) is 10.3 Å². The number of nitrogens with zero attached hydrogens (tertiary/aromatic N) is 2. The molecular weight excluding hydrogens is 290 g/mol. The van der Waals surface area contributed by atoms with Crippen molar-refractivity contribution in [2.24, 2.45) is 0 Å². The Labute approximate surface area is 125 Å². The molecule has 0 aliphatic rings. The van der Waals surface area contributed by atoms with Gasteiger partial charge in [-0.25, -0.2) is 14.2 Å². The molecule has 0 fully saturated rings. The van der Waals surface area contributed by atoms with E-state index in [9.17, 15) is 14.4 Å². The predicted molar refractivity (Wildman–Crippen MR) is 76.6 cm³/mol. The first-order valence-electron chi connectivity index (χ1n) is 6.32. The number of hydrogen-bond acceptors (Lipinski definition) is 6. The molecule has 0 saturated heterocycles. The van der Waals surface area contributed by atoms with E-state index in [0.717, 1.165) is 5.56 Å². The van der Waals surface area contributed by atoms with Crippen molar-refractivity contribution >= 4 is 17.9 Å². The minimum absolute atomic E-state index is 0.0329. The van der Waals surface area contributed by atoms with Gasteiger partial charge in [0.25, 0.3) is 0 Å². The SMILES string of the molecule is O=C(O)CNc1ccn(C(=O)OCc2ccccc2)c(=O)n1. The summed E-state index contributed by atoms with van der Waals surface area (Å²) in [4.78, 5) is 37.5. The molecular formula is C14H13N3O5. The minimum Gasteiger partial charge on any atom is -0.480 e. The van der Waals surface area contributed by atoms with Crippen molar-refractivity contribution in [3.8, 4) is 0 Å². The van der Waals surface area contributed by atoms with Crippen LogP contribution in [0.1, 0.15) is 5.56 Å². The molecule has 0 aliphatic carbocycles. The summed E-state index contributed by atoms with van der Waals surface area (Å²) in [7, 11) is 0. The monoisotopic (exact) mass is 303 g/mol. The number of carbonyl (C=O) groups excluding carboxylic acids is 1. The number of anilines is 1. The number of aromatic nitrogens is 2. The fourth-order valence-electron chi connectivity index (χ4n) is 1.60. The lowest BCUT2D eigenvalue weighted by atomic mass is 10.2. The molecule has 1 heterocycles. The lowest BCUT2D eigenvalue weighted by Gasteiger charge is -2.07. The fourth-order valence-corrected chi connectivity index (χ4v) is 1.60. The summed E-state index contributed by atoms with van der Waals surface area (Å²) in [5.41, 5.74) is -0.0648. The van der Waals surface area contributed by atoms with Crippen LogP contribution in [0.25, 0.3) is 0 Å². The summed E-state index contributed by atoms with van der Waals surface area (Å²) >= 11 is 0. The summed E-state index contributed by atoms with van der Waals surface area (Å²) in [6, 6.07) is 10.3. The Morgan fingerprint density at radius 3 is 2.59 bits per heavy atom. The van der Waals surface area contributed by atoms with Crippen molar-refractivity contribution in [1.82, 2.24) is 9.55 Å². The first-order chi connectivity index (χ1) is 10.6. The van der Waals surface area contributed by atoms with Crippen molar-refractivity contribution in [2.45, 2.75) is 6.61 Å². The van der Waals surface area contributed by atoms with Gasteiger partial charge >= 0.3 is 17.8 Å². The van der Waals surface area contributed by atoms with Gasteiger partial charge < -0.3 is 15.2 Å². The second kappa shape index (κ2) is 7.02. The quantitative estimate of drug-likeness (QED) is 0.845. The average Bonchev–Trinajstić information content (AvgIpc) is 2.51. The van der Waals surface area contributed by atoms with Crippen LogP contribution >= 0.6 is 0 Å². The molecule has 0 radical (unpaired) electrons. The van der Waals surface area contributed by atoms with Crippen molar-refractivity contribution in [3.05, 3.63) is 58.6 Å². The van der Waals surface area contributed by atoms with Crippen LogP contribution < -0.4 is 11.0 Å². The van der Waals surface area contributed by atoms with Crippen molar-refractivity contribution < 1.29 is 19.4 Å². The summed E-state index contributed by atoms with van der Waals surface area (Å²) in [5, 5.41) is 11.0. The molecule has 0 saturated carbocycles. The lowest BCUT2D eigenvalue weighted by molar-refractivity contribution is -0.134. The highest BCUT2D eigenvalue weighted by Crippen LogP contribution is 2.02. The average molecular weight is 303 g/mol. The second-order valence-electron chi connectivity index (χ2n) is 4.25. The van der Waals surface area contributed by atoms with Crippen LogP contribution in [0, 0.1) is 0 Å². The van der Waals surface area contributed by atoms with E-state index in [1.54, 1.807) is 24.3 Å². The lowest BCUT2D eigenvalue weighted by Crippen LogP contribution is -2.30. The molecule has 114 valence electrons. The third-order valence-corrected chi connectivity index (χ3v) is 2.63. The topological polar surface area (TPSA) is 111 Å². The maximum Gasteiger partial charge on any atom is 0.422 e. The Bertz CT molecular complexity index is 727. The largest absolute Gasteiger partial charge is 0.480 e. The number of nitrogens with one attached hydrogen (secondary N) is 1. The molecule has 22 heavy (non-hydrogen) atoms. The third kappa shape index (κ3) is 4.17. The molecule has 8 nitrogen and oxygen atoms in total. The van der Waals surface area contributed by atoms with E-state index in [4.69, 9.17) is 9.84 Å². The van der Waals surface area contributed by atoms with E-state index in [1.807, 2.05) is 6.07 Å². The standard InChI is InChI=1S/C14H13N3O5/c18-12(19)8-15-11-6-7-17(13(20)16-11)14(21)22-9-10-4-2-1-3-5-10/h1-7H,8-9H2,(H,18,19)(H,15,16,20). The van der Waals surface area contributed by atoms with Gasteiger partial charge in [-0.05, 0) is 11.6 Å². The molecule has 0 unspecified atom stereocenters. The molecule has 1 aromatic heterocycles. The van der Waals surface area contributed by atoms with Gasteiger partial charge in [0.05, 0.1) is 0 Å². The summed E-state index contributed by atoms with van der Waals surface area (Å²) in [5.74, 6) is -1.02. The predicted octanol–water partition coefficient (Wildman–Crippen LogP) is 0.925. The van der Waals surface area contributed by atoms with Gasteiger partial charge in [0.15, 0.2) is 0 Å². The number of carboxylic acid groups (broad SMARTS) is 1. The van der Waals surface area contributed by atoms with Crippen molar-refractivity contribution in [3.63, 3.8) is 0 Å². The van der Waals surface area contributed by atoms with Crippen molar-refractivity contribution in [1.29, 1.82) is 0 Å². The summed E-state index contributed by atoms with van der Waals surface area (Å²) in [6.07, 6.45) is 0.318. The Morgan fingerprint density at radius 1 is 1.23 bits per heavy atom. The zero-order chi connectivity index (χ0) is 15.9. The Kier molecular flexibility index (Phi) is 4.86. The Hall–Kier alpha value is -3.16. The van der Waals surface area contributed by atoms with Crippen LogP contribution in [0.15, 0.2) is 47.4 Å². The second-order valence-corrected chi connectivity index (χ2v) is 4.25. The molecule has 0 amide bonds. The van der Waals surface area contributed by atoms with Crippen LogP contribution in [0.2, 0.25) is 0 Å². The Balaban J connectivity index is 2.01. The summed E-state index contributed by atoms with van der Waals surface area (Å²) < 4.78 is 5.71. The van der Waals surface area contributed by atoms with E-state index < -0.39 is 17.8 Å². The highest BCUT2D eigenvalue weighted by molar-refractivity contribution is 5.72. The first-order valence-corrected chi connectivity index (χ1v) is 6.32. The highest BCUT2D eigenvalue weighted by atomic mass is 16.5. The first kappa shape index (κ1) is 15.2. The van der Waals surface area contributed by atoms with Crippen LogP contribution in [-0.4, -0.2) is 33.3 Å². The minimum atomic E-state index is -1.09. The van der Waals surface area contributed by atoms with Gasteiger partial charge in [-0.1, -0.05) is 30.3 Å². The molecule has 0 atom stereocenters. The highest BCUT2D eigenvalue weighted by Gasteiger charge is 2.10. The summed E-state index contributed by atoms with van der Waals surface area (Å²) in [6.45, 7) is -0.347. The van der Waals surface area contributed by atoms with Crippen LogP contribution in [-0.2, 0) is 16.1 Å². The van der Waals surface area contributed by atoms with Gasteiger partial charge in [0.2, 0.25) is 0 Å². The number of ether oxygens (including phenoxy) is 1. The molecule has 0 bridgehead atoms. The molecule has 8 heteroatoms. The number of hydrogen-bond donors (Lipinski definition) is 2. The number of benzene rings is 1. The maximum atomic E-state index is 11.8. The molecule has 0 aliphatic heterocycles. The molecule has 1 aromatic carbocycles. The van der Waals surface area contributed by atoms with Crippen molar-refractivity contribution in [2.75, 3.05) is 11.9 Å². The number of aliphatic carboxylic acids is 1. The van der Waals surface area contributed by atoms with Crippen LogP contribution in [0.3, 0.4) is 0 Å². The smallest absolute Gasteiger partial charge is 0.422 e. The number of rotatable bonds is 5. The molecule has 2 aromatic rings. The van der Waals surface area contributed by atoms with E-state index in [1.165, 1.54) is 12.3 Å². The van der Waals surface area contributed by atoms with E-state index in [-0.39, 0.29) is 19.0 Å². The van der Waals surface area contributed by atoms with Gasteiger partial charge in [-0.3, -0.25) is 4.79 Å². The fraction of sp³-hybridized carbons (Fsp3) is 0.143. The number of carboxylic acids is 1. The third-order valence-electron chi connectivity index (χ3n) is 2.63. The number of carbonyl (C=O) groups is 2. The normalized spacial score (nSPS) is 10.0. The van der Waals surface area contributed by atoms with Gasteiger partial charge in [-0.15, -0.1) is 0 Å². The zero-order valence-electron chi connectivity index (χ0n) is 11.4. The van der Waals surface area contributed by atoms with Crippen LogP contribution in [0.5, 0.6) is 0 Å². The maximum absolute atomic E-state index is 11.8. The van der Waals surface area contributed by atoms with Gasteiger partial charge in [0, 0.05) is 6.20 Å². The molecule has 2 rings (SSSR count). The van der Waals surface area contributed by atoms with Crippen LogP contribution in [0.4, 0.5) is 10.6 Å². The molecule has 0 spiro atoms. The van der Waals surface area contributed by atoms with Gasteiger partial charge in [0.1, 0.15) is 19.0 Å². The Morgan fingerprint density at radius 2 is 1.95 bits per heavy atom. The van der Waals surface area contributed by atoms with E-state index >= 15 is 0 Å². The zero-order valence-corrected chi connectivity index (χ0v) is 11.4. The molecule has 2 N–H and O–H groups in total.